The highest BCUT2D eigenvalue weighted by Crippen LogP contribution is 2.16. The first-order chi connectivity index (χ1) is 13.0. The van der Waals surface area contributed by atoms with Crippen molar-refractivity contribution < 1.29 is 29.0 Å². The van der Waals surface area contributed by atoms with E-state index < -0.39 is 17.9 Å². The number of amides is 2. The van der Waals surface area contributed by atoms with E-state index in [0.717, 1.165) is 5.56 Å². The lowest BCUT2D eigenvalue weighted by atomic mass is 9.99. The summed E-state index contributed by atoms with van der Waals surface area (Å²) in [7, 11) is 0. The van der Waals surface area contributed by atoms with E-state index in [1.54, 1.807) is 24.0 Å². The molecule has 1 aromatic carbocycles. The van der Waals surface area contributed by atoms with Crippen LogP contribution < -0.4 is 10.1 Å². The van der Waals surface area contributed by atoms with Gasteiger partial charge in [0.25, 0.3) is 0 Å². The molecular formula is C19H26N2O6. The van der Waals surface area contributed by atoms with E-state index in [2.05, 4.69) is 5.32 Å². The summed E-state index contributed by atoms with van der Waals surface area (Å²) in [4.78, 5) is 36.1. The Hall–Kier alpha value is -2.77. The molecule has 2 rings (SSSR count). The molecular weight excluding hydrogens is 352 g/mol. The fourth-order valence-electron chi connectivity index (χ4n) is 2.89. The number of urea groups is 1. The smallest absolute Gasteiger partial charge is 0.344 e. The van der Waals surface area contributed by atoms with Crippen molar-refractivity contribution in [3.05, 3.63) is 29.8 Å². The normalized spacial score (nSPS) is 16.5. The summed E-state index contributed by atoms with van der Waals surface area (Å²) in [5, 5.41) is 11.9. The van der Waals surface area contributed by atoms with Crippen LogP contribution >= 0.6 is 0 Å². The van der Waals surface area contributed by atoms with Gasteiger partial charge in [0.05, 0.1) is 12.5 Å². The number of carbonyl (C=O) groups excluding carboxylic acids is 2. The number of esters is 1. The summed E-state index contributed by atoms with van der Waals surface area (Å²) in [6.45, 7) is 3.23. The number of nitrogens with zero attached hydrogens (tertiary/aromatic N) is 1. The van der Waals surface area contributed by atoms with Gasteiger partial charge in [0.15, 0.2) is 6.61 Å². The summed E-state index contributed by atoms with van der Waals surface area (Å²) in [5.74, 6) is -1.17. The van der Waals surface area contributed by atoms with Crippen molar-refractivity contribution in [3.8, 4) is 5.75 Å². The molecule has 8 nitrogen and oxygen atoms in total. The van der Waals surface area contributed by atoms with E-state index in [4.69, 9.17) is 14.6 Å². The minimum atomic E-state index is -0.849. The quantitative estimate of drug-likeness (QED) is 0.667. The van der Waals surface area contributed by atoms with E-state index in [1.165, 1.54) is 0 Å². The molecule has 1 heterocycles. The van der Waals surface area contributed by atoms with E-state index in [-0.39, 0.29) is 19.2 Å². The van der Waals surface area contributed by atoms with Crippen LogP contribution in [0.2, 0.25) is 0 Å². The van der Waals surface area contributed by atoms with Crippen LogP contribution in [0.25, 0.3) is 0 Å². The second-order valence-electron chi connectivity index (χ2n) is 6.34. The average molecular weight is 378 g/mol. The first kappa shape index (κ1) is 20.5. The minimum absolute atomic E-state index is 0.129. The van der Waals surface area contributed by atoms with E-state index in [1.807, 2.05) is 12.1 Å². The molecule has 0 radical (unpaired) electrons. The molecule has 0 bridgehead atoms. The number of rotatable bonds is 8. The SMILES string of the molecule is CCOC(=O)COc1ccc(CCNC(=O)N2CCCC(C(=O)O)C2)cc1. The van der Waals surface area contributed by atoms with Crippen LogP contribution in [0.5, 0.6) is 5.75 Å². The Morgan fingerprint density at radius 2 is 2.00 bits per heavy atom. The molecule has 8 heteroatoms. The largest absolute Gasteiger partial charge is 0.482 e. The molecule has 1 aromatic rings. The summed E-state index contributed by atoms with van der Waals surface area (Å²) >= 11 is 0. The third-order valence-corrected chi connectivity index (χ3v) is 4.33. The molecule has 148 valence electrons. The third-order valence-electron chi connectivity index (χ3n) is 4.33. The summed E-state index contributed by atoms with van der Waals surface area (Å²) < 4.78 is 10.1. The van der Waals surface area contributed by atoms with Gasteiger partial charge in [-0.1, -0.05) is 12.1 Å². The highest BCUT2D eigenvalue weighted by molar-refractivity contribution is 5.76. The van der Waals surface area contributed by atoms with E-state index in [9.17, 15) is 14.4 Å². The zero-order valence-electron chi connectivity index (χ0n) is 15.5. The maximum Gasteiger partial charge on any atom is 0.344 e. The molecule has 2 N–H and O–H groups in total. The van der Waals surface area contributed by atoms with Gasteiger partial charge in [-0.3, -0.25) is 4.79 Å². The molecule has 0 spiro atoms. The Morgan fingerprint density at radius 1 is 1.26 bits per heavy atom. The van der Waals surface area contributed by atoms with Gasteiger partial charge in [0.2, 0.25) is 0 Å². The fraction of sp³-hybridized carbons (Fsp3) is 0.526. The van der Waals surface area contributed by atoms with Crippen LogP contribution in [0.15, 0.2) is 24.3 Å². The molecule has 1 saturated heterocycles. The van der Waals surface area contributed by atoms with Crippen molar-refractivity contribution in [2.24, 2.45) is 5.92 Å². The first-order valence-corrected chi connectivity index (χ1v) is 9.12. The number of aliphatic carboxylic acids is 1. The predicted octanol–water partition coefficient (Wildman–Crippen LogP) is 1.68. The number of carboxylic acids is 1. The van der Waals surface area contributed by atoms with Gasteiger partial charge >= 0.3 is 18.0 Å². The zero-order chi connectivity index (χ0) is 19.6. The second-order valence-corrected chi connectivity index (χ2v) is 6.34. The van der Waals surface area contributed by atoms with Crippen LogP contribution in [0.4, 0.5) is 4.79 Å². The Bertz CT molecular complexity index is 646. The van der Waals surface area contributed by atoms with E-state index >= 15 is 0 Å². The van der Waals surface area contributed by atoms with Crippen LogP contribution in [0.3, 0.4) is 0 Å². The number of hydrogen-bond donors (Lipinski definition) is 2. The number of carboxylic acid groups (broad SMARTS) is 1. The summed E-state index contributed by atoms with van der Waals surface area (Å²) in [6.07, 6.45) is 1.96. The summed E-state index contributed by atoms with van der Waals surface area (Å²) in [6, 6.07) is 7.04. The molecule has 1 fully saturated rings. The number of benzene rings is 1. The topological polar surface area (TPSA) is 105 Å². The molecule has 1 aliphatic rings. The van der Waals surface area contributed by atoms with Gasteiger partial charge in [0.1, 0.15) is 5.75 Å². The van der Waals surface area contributed by atoms with Crippen molar-refractivity contribution >= 4 is 18.0 Å². The number of ether oxygens (including phenoxy) is 2. The maximum absolute atomic E-state index is 12.2. The van der Waals surface area contributed by atoms with Gasteiger partial charge in [-0.2, -0.15) is 0 Å². The molecule has 1 aliphatic heterocycles. The molecule has 0 aliphatic carbocycles. The third kappa shape index (κ3) is 6.80. The van der Waals surface area contributed by atoms with Gasteiger partial charge in [-0.15, -0.1) is 0 Å². The number of nitrogens with one attached hydrogen (secondary N) is 1. The number of carbonyl (C=O) groups is 3. The minimum Gasteiger partial charge on any atom is -0.482 e. The van der Waals surface area contributed by atoms with Crippen molar-refractivity contribution in [1.82, 2.24) is 10.2 Å². The Kier molecular flexibility index (Phi) is 7.91. The highest BCUT2D eigenvalue weighted by Gasteiger charge is 2.27. The number of likely N-dealkylation sites (tertiary alicyclic amines) is 1. The van der Waals surface area contributed by atoms with Crippen LogP contribution in [-0.4, -0.2) is 60.8 Å². The zero-order valence-corrected chi connectivity index (χ0v) is 15.5. The molecule has 2 amide bonds. The van der Waals surface area contributed by atoms with Gasteiger partial charge in [-0.05, 0) is 43.9 Å². The standard InChI is InChI=1S/C19H26N2O6/c1-2-26-17(22)13-27-16-7-5-14(6-8-16)9-10-20-19(25)21-11-3-4-15(12-21)18(23)24/h5-8,15H,2-4,9-13H2,1H3,(H,20,25)(H,23,24). The fourth-order valence-corrected chi connectivity index (χ4v) is 2.89. The van der Waals surface area contributed by atoms with Crippen LogP contribution in [0, 0.1) is 5.92 Å². The Morgan fingerprint density at radius 3 is 2.67 bits per heavy atom. The lowest BCUT2D eigenvalue weighted by Gasteiger charge is -2.30. The van der Waals surface area contributed by atoms with Crippen molar-refractivity contribution in [2.75, 3.05) is 32.8 Å². The molecule has 27 heavy (non-hydrogen) atoms. The van der Waals surface area contributed by atoms with Crippen LogP contribution in [0.1, 0.15) is 25.3 Å². The van der Waals surface area contributed by atoms with Crippen molar-refractivity contribution in [3.63, 3.8) is 0 Å². The monoisotopic (exact) mass is 378 g/mol. The van der Waals surface area contributed by atoms with Gasteiger partial charge in [-0.25, -0.2) is 9.59 Å². The number of hydrogen-bond acceptors (Lipinski definition) is 5. The summed E-state index contributed by atoms with van der Waals surface area (Å²) in [5.41, 5.74) is 1.01. The Labute approximate surface area is 158 Å². The van der Waals surface area contributed by atoms with E-state index in [0.29, 0.717) is 44.7 Å². The molecule has 1 atom stereocenters. The first-order valence-electron chi connectivity index (χ1n) is 9.12. The Balaban J connectivity index is 1.71. The highest BCUT2D eigenvalue weighted by atomic mass is 16.6. The van der Waals surface area contributed by atoms with Crippen LogP contribution in [-0.2, 0) is 20.7 Å². The van der Waals surface area contributed by atoms with Gasteiger partial charge < -0.3 is 24.8 Å². The molecule has 0 saturated carbocycles. The molecule has 1 unspecified atom stereocenters. The van der Waals surface area contributed by atoms with Gasteiger partial charge in [0, 0.05) is 19.6 Å². The predicted molar refractivity (Wildman–Crippen MR) is 97.6 cm³/mol. The average Bonchev–Trinajstić information content (AvgIpc) is 2.67. The lowest BCUT2D eigenvalue weighted by molar-refractivity contribution is -0.145. The van der Waals surface area contributed by atoms with Crippen molar-refractivity contribution in [2.45, 2.75) is 26.2 Å². The molecule has 0 aromatic heterocycles. The second kappa shape index (κ2) is 10.4. The number of piperidine rings is 1. The lowest BCUT2D eigenvalue weighted by Crippen LogP contribution is -2.47. The maximum atomic E-state index is 12.2. The van der Waals surface area contributed by atoms with Crippen molar-refractivity contribution in [1.29, 1.82) is 0 Å².